The predicted molar refractivity (Wildman–Crippen MR) is 138 cm³/mol. The Hall–Kier alpha value is -1.99. The van der Waals surface area contributed by atoms with Crippen LogP contribution in [0.25, 0.3) is 0 Å². The third-order valence-electron chi connectivity index (χ3n) is 6.94. The molecular weight excluding hydrogens is 469 g/mol. The highest BCUT2D eigenvalue weighted by Crippen LogP contribution is 2.40. The van der Waals surface area contributed by atoms with Crippen LogP contribution in [-0.2, 0) is 0 Å². The summed E-state index contributed by atoms with van der Waals surface area (Å²) in [5, 5.41) is 18.3. The lowest BCUT2D eigenvalue weighted by Gasteiger charge is -2.29. The van der Waals surface area contributed by atoms with Gasteiger partial charge in [0, 0.05) is 25.3 Å². The third-order valence-corrected chi connectivity index (χ3v) is 6.94. The van der Waals surface area contributed by atoms with Gasteiger partial charge in [0.15, 0.2) is 0 Å². The van der Waals surface area contributed by atoms with Crippen LogP contribution in [0.1, 0.15) is 88.5 Å². The van der Waals surface area contributed by atoms with Crippen LogP contribution in [0.15, 0.2) is 42.5 Å². The van der Waals surface area contributed by atoms with Crippen LogP contribution in [0.3, 0.4) is 0 Å². The second-order valence-corrected chi connectivity index (χ2v) is 10.0. The second kappa shape index (κ2) is 16.0. The van der Waals surface area contributed by atoms with Gasteiger partial charge in [-0.25, -0.2) is 0 Å². The highest BCUT2D eigenvalue weighted by molar-refractivity contribution is 5.40. The Balaban J connectivity index is 1.87. The molecule has 4 nitrogen and oxygen atoms in total. The molecule has 1 aliphatic rings. The molecule has 7 heteroatoms. The summed E-state index contributed by atoms with van der Waals surface area (Å²) in [7, 11) is 0. The molecular formula is C29H43F3O4. The second-order valence-electron chi connectivity index (χ2n) is 10.0. The molecule has 0 bridgehead atoms. The molecule has 204 valence electrons. The van der Waals surface area contributed by atoms with E-state index in [1.54, 1.807) is 0 Å². The molecule has 1 aromatic carbocycles. The summed E-state index contributed by atoms with van der Waals surface area (Å²) in [4.78, 5) is 0. The zero-order valence-corrected chi connectivity index (χ0v) is 21.5. The molecule has 0 heterocycles. The maximum absolute atomic E-state index is 12.3. The lowest BCUT2D eigenvalue weighted by molar-refractivity contribution is -0.135. The Bertz CT molecular complexity index is 758. The van der Waals surface area contributed by atoms with Crippen molar-refractivity contribution in [2.45, 2.75) is 89.1 Å². The topological polar surface area (TPSA) is 58.9 Å². The smallest absolute Gasteiger partial charge is 0.389 e. The molecule has 36 heavy (non-hydrogen) atoms. The number of hydrogen-bond acceptors (Lipinski definition) is 4. The summed E-state index contributed by atoms with van der Waals surface area (Å²) < 4.78 is 48.7. The molecule has 1 aliphatic carbocycles. The molecule has 0 unspecified atom stereocenters. The molecule has 1 saturated carbocycles. The van der Waals surface area contributed by atoms with Crippen molar-refractivity contribution in [3.8, 4) is 11.5 Å². The van der Waals surface area contributed by atoms with Crippen molar-refractivity contribution in [3.63, 3.8) is 0 Å². The Labute approximate surface area is 214 Å². The fourth-order valence-corrected chi connectivity index (χ4v) is 4.68. The molecule has 0 aromatic heterocycles. The van der Waals surface area contributed by atoms with E-state index < -0.39 is 12.6 Å². The van der Waals surface area contributed by atoms with Crippen LogP contribution < -0.4 is 9.47 Å². The van der Waals surface area contributed by atoms with Crippen LogP contribution in [0.5, 0.6) is 11.5 Å². The molecule has 2 rings (SSSR count). The quantitative estimate of drug-likeness (QED) is 0.168. The minimum absolute atomic E-state index is 0.0523. The Morgan fingerprint density at radius 1 is 0.806 bits per heavy atom. The zero-order chi connectivity index (χ0) is 26.4. The van der Waals surface area contributed by atoms with E-state index in [-0.39, 0.29) is 19.6 Å². The fraction of sp³-hybridized carbons (Fsp3) is 0.655. The summed E-state index contributed by atoms with van der Waals surface area (Å²) in [6, 6.07) is 6.02. The highest BCUT2D eigenvalue weighted by atomic mass is 19.4. The standard InChI is InChI=1S/C29H43F3O4/c1-22(20-33)12-15-35-27-17-26(18-28(19-27)36-16-13-23(2)21-34)25-10-8-24(9-11-25)7-5-3-4-6-14-29(30,31)32/h17-19,24-25,33-34H,1-16,20-21H2. The van der Waals surface area contributed by atoms with Crippen molar-refractivity contribution in [2.24, 2.45) is 5.92 Å². The van der Waals surface area contributed by atoms with Crippen molar-refractivity contribution < 1.29 is 32.9 Å². The van der Waals surface area contributed by atoms with Crippen LogP contribution in [0.2, 0.25) is 0 Å². The summed E-state index contributed by atoms with van der Waals surface area (Å²) in [6.45, 7) is 8.36. The van der Waals surface area contributed by atoms with Crippen molar-refractivity contribution in [1.82, 2.24) is 0 Å². The number of ether oxygens (including phenoxy) is 2. The third kappa shape index (κ3) is 12.3. The van der Waals surface area contributed by atoms with Gasteiger partial charge in [-0.2, -0.15) is 13.2 Å². The lowest BCUT2D eigenvalue weighted by atomic mass is 9.77. The molecule has 2 N–H and O–H groups in total. The maximum atomic E-state index is 12.3. The van der Waals surface area contributed by atoms with E-state index in [1.807, 2.05) is 6.07 Å². The van der Waals surface area contributed by atoms with Crippen molar-refractivity contribution in [3.05, 3.63) is 48.1 Å². The zero-order valence-electron chi connectivity index (χ0n) is 21.5. The minimum Gasteiger partial charge on any atom is -0.493 e. The summed E-state index contributed by atoms with van der Waals surface area (Å²) in [5.74, 6) is 2.53. The van der Waals surface area contributed by atoms with Gasteiger partial charge in [-0.05, 0) is 72.8 Å². The van der Waals surface area contributed by atoms with Gasteiger partial charge in [-0.15, -0.1) is 0 Å². The molecule has 0 spiro atoms. The van der Waals surface area contributed by atoms with Gasteiger partial charge < -0.3 is 19.7 Å². The van der Waals surface area contributed by atoms with Crippen LogP contribution in [0.4, 0.5) is 13.2 Å². The van der Waals surface area contributed by atoms with Gasteiger partial charge in [-0.1, -0.05) is 38.8 Å². The van der Waals surface area contributed by atoms with Gasteiger partial charge >= 0.3 is 6.18 Å². The van der Waals surface area contributed by atoms with E-state index in [2.05, 4.69) is 25.3 Å². The van der Waals surface area contributed by atoms with Crippen molar-refractivity contribution >= 4 is 0 Å². The SMILES string of the molecule is C=C(CO)CCOc1cc(OCCC(=C)CO)cc(C2CCC(CCCCCCC(F)(F)F)CC2)c1. The van der Waals surface area contributed by atoms with E-state index in [1.165, 1.54) is 5.56 Å². The summed E-state index contributed by atoms with van der Waals surface area (Å²) in [6.07, 6.45) is 4.73. The Morgan fingerprint density at radius 3 is 1.83 bits per heavy atom. The van der Waals surface area contributed by atoms with Gasteiger partial charge in [0.25, 0.3) is 0 Å². The van der Waals surface area contributed by atoms with Gasteiger partial charge in [0.2, 0.25) is 0 Å². The first-order valence-electron chi connectivity index (χ1n) is 13.2. The molecule has 0 saturated heterocycles. The normalized spacial score (nSPS) is 18.1. The number of alkyl halides is 3. The fourth-order valence-electron chi connectivity index (χ4n) is 4.68. The number of halogens is 3. The monoisotopic (exact) mass is 512 g/mol. The number of aliphatic hydroxyl groups is 2. The number of rotatable bonds is 17. The first-order valence-corrected chi connectivity index (χ1v) is 13.2. The minimum atomic E-state index is -4.03. The first-order chi connectivity index (χ1) is 17.2. The average Bonchev–Trinajstić information content (AvgIpc) is 2.85. The molecule has 1 fully saturated rings. The van der Waals surface area contributed by atoms with Gasteiger partial charge in [0.1, 0.15) is 11.5 Å². The average molecular weight is 513 g/mol. The number of benzene rings is 1. The van der Waals surface area contributed by atoms with E-state index in [9.17, 15) is 13.2 Å². The summed E-state index contributed by atoms with van der Waals surface area (Å²) >= 11 is 0. The highest BCUT2D eigenvalue weighted by Gasteiger charge is 2.26. The maximum Gasteiger partial charge on any atom is 0.389 e. The van der Waals surface area contributed by atoms with Crippen molar-refractivity contribution in [2.75, 3.05) is 26.4 Å². The Kier molecular flexibility index (Phi) is 13.4. The molecule has 1 aromatic rings. The molecule has 0 amide bonds. The van der Waals surface area contributed by atoms with Crippen LogP contribution in [0, 0.1) is 5.92 Å². The number of unbranched alkanes of at least 4 members (excludes halogenated alkanes) is 3. The van der Waals surface area contributed by atoms with E-state index in [4.69, 9.17) is 19.7 Å². The van der Waals surface area contributed by atoms with Crippen LogP contribution in [-0.4, -0.2) is 42.8 Å². The van der Waals surface area contributed by atoms with E-state index in [0.717, 1.165) is 67.6 Å². The van der Waals surface area contributed by atoms with Gasteiger partial charge in [0.05, 0.1) is 26.4 Å². The molecule has 0 atom stereocenters. The Morgan fingerprint density at radius 2 is 1.33 bits per heavy atom. The largest absolute Gasteiger partial charge is 0.493 e. The van der Waals surface area contributed by atoms with E-state index in [0.29, 0.717) is 44.3 Å². The van der Waals surface area contributed by atoms with E-state index >= 15 is 0 Å². The first kappa shape index (κ1) is 30.2. The molecule has 0 aliphatic heterocycles. The predicted octanol–water partition coefficient (Wildman–Crippen LogP) is 7.50. The number of hydrogen-bond donors (Lipinski definition) is 2. The van der Waals surface area contributed by atoms with Crippen molar-refractivity contribution in [1.29, 1.82) is 0 Å². The van der Waals surface area contributed by atoms with Crippen LogP contribution >= 0.6 is 0 Å². The summed E-state index contributed by atoms with van der Waals surface area (Å²) in [5.41, 5.74) is 2.64. The lowest BCUT2D eigenvalue weighted by Crippen LogP contribution is -2.14. The molecule has 0 radical (unpaired) electrons. The number of aliphatic hydroxyl groups excluding tert-OH is 2. The van der Waals surface area contributed by atoms with Gasteiger partial charge in [-0.3, -0.25) is 0 Å².